The predicted molar refractivity (Wildman–Crippen MR) is 121 cm³/mol. The number of nitrogens with one attached hydrogen (secondary N) is 1. The molecule has 0 spiro atoms. The fourth-order valence-corrected chi connectivity index (χ4v) is 4.34. The van der Waals surface area contributed by atoms with E-state index in [-0.39, 0.29) is 11.7 Å². The number of hydrogen-bond donors (Lipinski definition) is 1. The molecule has 0 aliphatic carbocycles. The maximum atomic E-state index is 13.5. The first-order valence-electron chi connectivity index (χ1n) is 11.1. The summed E-state index contributed by atoms with van der Waals surface area (Å²) in [6.45, 7) is 5.63. The summed E-state index contributed by atoms with van der Waals surface area (Å²) in [6, 6.07) is 10.8. The number of carbonyl (C=O) groups is 1. The standard InChI is InChI=1S/C25H26FN5O/c1-3-20-24(31-11-9-19(26)13-23(31)28-20)25(32)27-14-17-4-6-18(7-5-17)21-15-30-10-8-16(2)12-22(30)29-21/h4-7,9,11,13,15-16H,3,8,10,12,14H2,1-2H3,(H,27,32). The van der Waals surface area contributed by atoms with Gasteiger partial charge in [0, 0.05) is 43.5 Å². The van der Waals surface area contributed by atoms with E-state index in [1.807, 2.05) is 31.2 Å². The van der Waals surface area contributed by atoms with E-state index in [9.17, 15) is 9.18 Å². The van der Waals surface area contributed by atoms with Gasteiger partial charge in [-0.1, -0.05) is 38.1 Å². The van der Waals surface area contributed by atoms with Crippen molar-refractivity contribution in [2.45, 2.75) is 46.2 Å². The zero-order valence-electron chi connectivity index (χ0n) is 18.3. The van der Waals surface area contributed by atoms with E-state index in [0.717, 1.165) is 35.6 Å². The fraction of sp³-hybridized carbons (Fsp3) is 0.320. The zero-order valence-corrected chi connectivity index (χ0v) is 18.3. The van der Waals surface area contributed by atoms with Crippen molar-refractivity contribution in [3.63, 3.8) is 0 Å². The lowest BCUT2D eigenvalue weighted by Crippen LogP contribution is -2.25. The van der Waals surface area contributed by atoms with Gasteiger partial charge in [-0.25, -0.2) is 14.4 Å². The van der Waals surface area contributed by atoms with Gasteiger partial charge in [0.25, 0.3) is 5.91 Å². The number of fused-ring (bicyclic) bond motifs is 2. The number of carbonyl (C=O) groups excluding carboxylic acids is 1. The number of halogens is 1. The molecule has 0 fully saturated rings. The monoisotopic (exact) mass is 431 g/mol. The fourth-order valence-electron chi connectivity index (χ4n) is 4.34. The van der Waals surface area contributed by atoms with Crippen molar-refractivity contribution in [1.29, 1.82) is 0 Å². The first-order chi connectivity index (χ1) is 15.5. The van der Waals surface area contributed by atoms with E-state index in [0.29, 0.717) is 35.9 Å². The summed E-state index contributed by atoms with van der Waals surface area (Å²) in [5.74, 6) is 1.25. The van der Waals surface area contributed by atoms with Gasteiger partial charge in [-0.05, 0) is 30.4 Å². The zero-order chi connectivity index (χ0) is 22.2. The molecule has 7 heteroatoms. The summed E-state index contributed by atoms with van der Waals surface area (Å²) in [4.78, 5) is 22.1. The largest absolute Gasteiger partial charge is 0.347 e. The third kappa shape index (κ3) is 3.79. The van der Waals surface area contributed by atoms with Crippen LogP contribution in [0.1, 0.15) is 47.8 Å². The molecule has 3 aromatic heterocycles. The third-order valence-electron chi connectivity index (χ3n) is 6.17. The molecule has 1 N–H and O–H groups in total. The number of imidazole rings is 2. The molecule has 1 unspecified atom stereocenters. The Morgan fingerprint density at radius 1 is 1.22 bits per heavy atom. The van der Waals surface area contributed by atoms with Crippen LogP contribution in [0.2, 0.25) is 0 Å². The second-order valence-electron chi connectivity index (χ2n) is 8.55. The van der Waals surface area contributed by atoms with Gasteiger partial charge in [0.15, 0.2) is 0 Å². The minimum Gasteiger partial charge on any atom is -0.347 e. The van der Waals surface area contributed by atoms with Gasteiger partial charge in [0.2, 0.25) is 0 Å². The van der Waals surface area contributed by atoms with Crippen LogP contribution in [0.5, 0.6) is 0 Å². The Labute approximate surface area is 186 Å². The summed E-state index contributed by atoms with van der Waals surface area (Å²) < 4.78 is 17.4. The third-order valence-corrected chi connectivity index (χ3v) is 6.17. The Morgan fingerprint density at radius 2 is 2.03 bits per heavy atom. The summed E-state index contributed by atoms with van der Waals surface area (Å²) in [5.41, 5.74) is 4.62. The van der Waals surface area contributed by atoms with Crippen LogP contribution in [-0.2, 0) is 25.9 Å². The molecule has 0 saturated carbocycles. The van der Waals surface area contributed by atoms with Crippen LogP contribution in [0, 0.1) is 11.7 Å². The molecule has 0 bridgehead atoms. The number of aromatic nitrogens is 4. The van der Waals surface area contributed by atoms with Crippen LogP contribution in [-0.4, -0.2) is 24.8 Å². The average molecular weight is 432 g/mol. The lowest BCUT2D eigenvalue weighted by Gasteiger charge is -2.18. The highest BCUT2D eigenvalue weighted by atomic mass is 19.1. The Hall–Kier alpha value is -3.48. The summed E-state index contributed by atoms with van der Waals surface area (Å²) in [5, 5.41) is 2.97. The van der Waals surface area contributed by atoms with Crippen LogP contribution in [0.15, 0.2) is 48.8 Å². The molecule has 1 aromatic carbocycles. The van der Waals surface area contributed by atoms with Crippen molar-refractivity contribution in [3.05, 3.63) is 77.4 Å². The maximum absolute atomic E-state index is 13.5. The number of pyridine rings is 1. The Morgan fingerprint density at radius 3 is 2.81 bits per heavy atom. The number of aryl methyl sites for hydroxylation is 2. The molecule has 0 radical (unpaired) electrons. The number of benzene rings is 1. The van der Waals surface area contributed by atoms with Crippen molar-refractivity contribution < 1.29 is 9.18 Å². The van der Waals surface area contributed by atoms with E-state index < -0.39 is 0 Å². The van der Waals surface area contributed by atoms with Crippen molar-refractivity contribution in [3.8, 4) is 11.3 Å². The molecule has 32 heavy (non-hydrogen) atoms. The molecule has 4 heterocycles. The second-order valence-corrected chi connectivity index (χ2v) is 8.55. The number of nitrogens with zero attached hydrogens (tertiary/aromatic N) is 4. The van der Waals surface area contributed by atoms with Crippen LogP contribution < -0.4 is 5.32 Å². The minimum atomic E-state index is -0.370. The molecule has 1 aliphatic heterocycles. The normalized spacial score (nSPS) is 15.7. The first-order valence-corrected chi connectivity index (χ1v) is 11.1. The van der Waals surface area contributed by atoms with E-state index in [2.05, 4.69) is 28.0 Å². The Balaban J connectivity index is 1.30. The quantitative estimate of drug-likeness (QED) is 0.509. The van der Waals surface area contributed by atoms with Crippen molar-refractivity contribution in [2.24, 2.45) is 5.92 Å². The molecule has 5 rings (SSSR count). The lowest BCUT2D eigenvalue weighted by molar-refractivity contribution is 0.0944. The highest BCUT2D eigenvalue weighted by Gasteiger charge is 2.19. The molecule has 0 saturated heterocycles. The van der Waals surface area contributed by atoms with Crippen LogP contribution in [0.25, 0.3) is 16.9 Å². The minimum absolute atomic E-state index is 0.221. The van der Waals surface area contributed by atoms with Crippen LogP contribution >= 0.6 is 0 Å². The first kappa shape index (κ1) is 20.4. The van der Waals surface area contributed by atoms with E-state index in [4.69, 9.17) is 4.98 Å². The molecule has 1 amide bonds. The molecule has 4 aromatic rings. The van der Waals surface area contributed by atoms with Crippen LogP contribution in [0.4, 0.5) is 4.39 Å². The van der Waals surface area contributed by atoms with Gasteiger partial charge in [-0.2, -0.15) is 0 Å². The van der Waals surface area contributed by atoms with E-state index >= 15 is 0 Å². The van der Waals surface area contributed by atoms with Crippen molar-refractivity contribution in [2.75, 3.05) is 0 Å². The van der Waals surface area contributed by atoms with Gasteiger partial charge in [0.1, 0.15) is 23.0 Å². The van der Waals surface area contributed by atoms with E-state index in [1.165, 1.54) is 18.6 Å². The molecule has 164 valence electrons. The lowest BCUT2D eigenvalue weighted by atomic mass is 10.0. The molecule has 1 atom stereocenters. The highest BCUT2D eigenvalue weighted by molar-refractivity contribution is 5.94. The maximum Gasteiger partial charge on any atom is 0.270 e. The smallest absolute Gasteiger partial charge is 0.270 e. The Bertz CT molecular complexity index is 1290. The van der Waals surface area contributed by atoms with Gasteiger partial charge in [0.05, 0.1) is 11.4 Å². The molecular weight excluding hydrogens is 405 g/mol. The number of rotatable bonds is 5. The summed E-state index contributed by atoms with van der Waals surface area (Å²) in [6.07, 6.45) is 6.50. The molecular formula is C25H26FN5O. The topological polar surface area (TPSA) is 64.2 Å². The van der Waals surface area contributed by atoms with Gasteiger partial charge in [-0.15, -0.1) is 0 Å². The van der Waals surface area contributed by atoms with Gasteiger partial charge < -0.3 is 9.88 Å². The SMILES string of the molecule is CCc1nc2cc(F)ccn2c1C(=O)NCc1ccc(-c2cn3c(n2)CC(C)CC3)cc1. The molecule has 1 aliphatic rings. The van der Waals surface area contributed by atoms with Gasteiger partial charge >= 0.3 is 0 Å². The summed E-state index contributed by atoms with van der Waals surface area (Å²) in [7, 11) is 0. The van der Waals surface area contributed by atoms with Crippen LogP contribution in [0.3, 0.4) is 0 Å². The average Bonchev–Trinajstić information content (AvgIpc) is 3.38. The van der Waals surface area contributed by atoms with Crippen molar-refractivity contribution >= 4 is 11.6 Å². The molecule has 6 nitrogen and oxygen atoms in total. The van der Waals surface area contributed by atoms with Crippen molar-refractivity contribution in [1.82, 2.24) is 24.3 Å². The Kier molecular flexibility index (Phi) is 5.25. The number of amides is 1. The van der Waals surface area contributed by atoms with Gasteiger partial charge in [-0.3, -0.25) is 9.20 Å². The van der Waals surface area contributed by atoms with E-state index in [1.54, 1.807) is 10.6 Å². The summed E-state index contributed by atoms with van der Waals surface area (Å²) >= 11 is 0. The highest BCUT2D eigenvalue weighted by Crippen LogP contribution is 2.25. The second kappa shape index (κ2) is 8.22. The number of hydrogen-bond acceptors (Lipinski definition) is 3. The predicted octanol–water partition coefficient (Wildman–Crippen LogP) is 4.41.